The third kappa shape index (κ3) is 8.05. The zero-order valence-electron chi connectivity index (χ0n) is 29.0. The summed E-state index contributed by atoms with van der Waals surface area (Å²) < 4.78 is 61.3. The van der Waals surface area contributed by atoms with Crippen LogP contribution in [-0.2, 0) is 15.8 Å². The summed E-state index contributed by atoms with van der Waals surface area (Å²) in [5, 5.41) is 7.46. The van der Waals surface area contributed by atoms with Gasteiger partial charge in [0.2, 0.25) is 5.91 Å². The molecular formula is C36H44F4N8O3. The van der Waals surface area contributed by atoms with Gasteiger partial charge in [0.15, 0.2) is 5.82 Å². The number of carbonyl (C=O) groups excluding carboxylic acids is 1. The molecule has 11 nitrogen and oxygen atoms in total. The molecule has 0 radical (unpaired) electrons. The van der Waals surface area contributed by atoms with Gasteiger partial charge < -0.3 is 20.3 Å². The first-order chi connectivity index (χ1) is 24.5. The van der Waals surface area contributed by atoms with Crippen molar-refractivity contribution in [3.63, 3.8) is 0 Å². The van der Waals surface area contributed by atoms with E-state index in [-0.39, 0.29) is 30.3 Å². The molecule has 0 saturated carbocycles. The molecule has 2 N–H and O–H groups in total. The molecular weight excluding hydrogens is 668 g/mol. The molecule has 2 aromatic carbocycles. The summed E-state index contributed by atoms with van der Waals surface area (Å²) >= 11 is 0. The number of piperidine rings is 1. The average Bonchev–Trinajstić information content (AvgIpc) is 3.61. The van der Waals surface area contributed by atoms with Crippen LogP contribution in [0.5, 0.6) is 5.75 Å². The Balaban J connectivity index is 1.21. The Morgan fingerprint density at radius 3 is 2.45 bits per heavy atom. The Hall–Kier alpha value is -4.47. The molecule has 0 spiro atoms. The van der Waals surface area contributed by atoms with E-state index in [9.17, 15) is 18.0 Å². The van der Waals surface area contributed by atoms with E-state index in [2.05, 4.69) is 55.7 Å². The minimum atomic E-state index is -4.84. The molecule has 0 unspecified atom stereocenters. The standard InChI is InChI=1S/C36H44F4N8O3/c1-5-34(49)44-27-19-28(31(50-4)20-30(27)47-12-9-24(10-13-47)46-16-14-45(15-17-46)23(2)3)43-32-21-33(42-22-41-32)48-29(11-18-51-48)25-7-6-8-26(35(25)37)36(38,39)40/h5-8,19-24,29H,1,9-18H2,2-4H3,(H,44,49)(H,41,42,43)/t29-/m1/s1. The van der Waals surface area contributed by atoms with Crippen LogP contribution in [0.4, 0.5) is 46.3 Å². The van der Waals surface area contributed by atoms with E-state index in [1.165, 1.54) is 29.6 Å². The molecule has 3 fully saturated rings. The third-order valence-electron chi connectivity index (χ3n) is 9.90. The Labute approximate surface area is 295 Å². The topological polar surface area (TPSA) is 98.3 Å². The highest BCUT2D eigenvalue weighted by molar-refractivity contribution is 6.02. The first-order valence-electron chi connectivity index (χ1n) is 17.2. The lowest BCUT2D eigenvalue weighted by atomic mass is 10.0. The van der Waals surface area contributed by atoms with Gasteiger partial charge in [-0.2, -0.15) is 13.2 Å². The molecule has 1 amide bonds. The largest absolute Gasteiger partial charge is 0.494 e. The number of ether oxygens (including phenoxy) is 1. The monoisotopic (exact) mass is 712 g/mol. The maximum absolute atomic E-state index is 15.1. The highest BCUT2D eigenvalue weighted by Gasteiger charge is 2.38. The van der Waals surface area contributed by atoms with Crippen molar-refractivity contribution >= 4 is 34.6 Å². The van der Waals surface area contributed by atoms with Crippen molar-refractivity contribution in [2.24, 2.45) is 0 Å². The summed E-state index contributed by atoms with van der Waals surface area (Å²) in [4.78, 5) is 34.3. The molecule has 1 aromatic heterocycles. The van der Waals surface area contributed by atoms with Crippen molar-refractivity contribution < 1.29 is 31.9 Å². The Morgan fingerprint density at radius 1 is 1.04 bits per heavy atom. The average molecular weight is 713 g/mol. The van der Waals surface area contributed by atoms with Gasteiger partial charge in [0.25, 0.3) is 0 Å². The fourth-order valence-corrected chi connectivity index (χ4v) is 7.15. The van der Waals surface area contributed by atoms with Gasteiger partial charge >= 0.3 is 6.18 Å². The number of carbonyl (C=O) groups is 1. The van der Waals surface area contributed by atoms with Crippen molar-refractivity contribution in [3.8, 4) is 5.75 Å². The maximum atomic E-state index is 15.1. The van der Waals surface area contributed by atoms with Crippen LogP contribution >= 0.6 is 0 Å². The zero-order valence-corrected chi connectivity index (χ0v) is 29.0. The van der Waals surface area contributed by atoms with Crippen LogP contribution in [0.1, 0.15) is 50.3 Å². The summed E-state index contributed by atoms with van der Waals surface area (Å²) in [6.45, 7) is 14.1. The van der Waals surface area contributed by atoms with Gasteiger partial charge in [-0.1, -0.05) is 18.7 Å². The van der Waals surface area contributed by atoms with Crippen LogP contribution in [-0.4, -0.2) is 90.7 Å². The number of amides is 1. The van der Waals surface area contributed by atoms with Gasteiger partial charge in [0.1, 0.15) is 23.7 Å². The van der Waals surface area contributed by atoms with Crippen molar-refractivity contribution in [1.82, 2.24) is 19.8 Å². The lowest BCUT2D eigenvalue weighted by Crippen LogP contribution is -2.54. The second-order valence-corrected chi connectivity index (χ2v) is 13.2. The minimum absolute atomic E-state index is 0.145. The number of nitrogens with one attached hydrogen (secondary N) is 2. The smallest absolute Gasteiger partial charge is 0.419 e. The van der Waals surface area contributed by atoms with Crippen LogP contribution in [0.25, 0.3) is 0 Å². The van der Waals surface area contributed by atoms with Gasteiger partial charge in [-0.25, -0.2) is 19.4 Å². The van der Waals surface area contributed by atoms with E-state index in [1.54, 1.807) is 19.2 Å². The van der Waals surface area contributed by atoms with Crippen molar-refractivity contribution in [3.05, 3.63) is 72.3 Å². The van der Waals surface area contributed by atoms with Gasteiger partial charge in [-0.3, -0.25) is 19.4 Å². The van der Waals surface area contributed by atoms with Crippen LogP contribution in [0, 0.1) is 5.82 Å². The number of piperazine rings is 1. The highest BCUT2D eigenvalue weighted by atomic mass is 19.4. The van der Waals surface area contributed by atoms with Crippen molar-refractivity contribution in [2.45, 2.75) is 57.4 Å². The van der Waals surface area contributed by atoms with Gasteiger partial charge in [-0.15, -0.1) is 0 Å². The van der Waals surface area contributed by atoms with Crippen LogP contribution < -0.4 is 25.3 Å². The summed E-state index contributed by atoms with van der Waals surface area (Å²) in [5.41, 5.74) is 0.384. The number of hydrogen-bond acceptors (Lipinski definition) is 10. The number of aromatic nitrogens is 2. The molecule has 15 heteroatoms. The molecule has 6 rings (SSSR count). The third-order valence-corrected chi connectivity index (χ3v) is 9.90. The van der Waals surface area contributed by atoms with E-state index in [1.807, 2.05) is 6.07 Å². The van der Waals surface area contributed by atoms with Crippen LogP contribution in [0.15, 0.2) is 55.4 Å². The second-order valence-electron chi connectivity index (χ2n) is 13.2. The minimum Gasteiger partial charge on any atom is -0.494 e. The first-order valence-corrected chi connectivity index (χ1v) is 17.2. The van der Waals surface area contributed by atoms with Gasteiger partial charge in [0.05, 0.1) is 42.4 Å². The molecule has 0 aliphatic carbocycles. The predicted molar refractivity (Wildman–Crippen MR) is 188 cm³/mol. The number of hydrogen-bond donors (Lipinski definition) is 2. The van der Waals surface area contributed by atoms with E-state index >= 15 is 4.39 Å². The highest BCUT2D eigenvalue weighted by Crippen LogP contribution is 2.42. The zero-order chi connectivity index (χ0) is 36.3. The lowest BCUT2D eigenvalue weighted by Gasteiger charge is -2.44. The normalized spacial score (nSPS) is 19.4. The molecule has 3 aliphatic rings. The SMILES string of the molecule is C=CC(=O)Nc1cc(Nc2cc(N3OCC[C@@H]3c3cccc(C(F)(F)F)c3F)ncn2)c(OC)cc1N1CCC(N2CCN(C(C)C)CC2)CC1. The molecule has 51 heavy (non-hydrogen) atoms. The number of halogens is 4. The Bertz CT molecular complexity index is 1710. The van der Waals surface area contributed by atoms with E-state index < -0.39 is 23.6 Å². The summed E-state index contributed by atoms with van der Waals surface area (Å²) in [5.74, 6) is -0.686. The molecule has 3 aromatic rings. The quantitative estimate of drug-likeness (QED) is 0.182. The molecule has 3 saturated heterocycles. The number of hydroxylamine groups is 1. The molecule has 1 atom stereocenters. The molecule has 0 bridgehead atoms. The van der Waals surface area contributed by atoms with Gasteiger partial charge in [0, 0.05) is 75.5 Å². The number of methoxy groups -OCH3 is 1. The van der Waals surface area contributed by atoms with E-state index in [0.717, 1.165) is 57.8 Å². The summed E-state index contributed by atoms with van der Waals surface area (Å²) in [7, 11) is 1.55. The summed E-state index contributed by atoms with van der Waals surface area (Å²) in [6.07, 6.45) is -0.125. The number of rotatable bonds is 10. The van der Waals surface area contributed by atoms with E-state index in [0.29, 0.717) is 41.1 Å². The van der Waals surface area contributed by atoms with Crippen molar-refractivity contribution in [2.75, 3.05) is 73.6 Å². The van der Waals surface area contributed by atoms with Crippen LogP contribution in [0.2, 0.25) is 0 Å². The number of benzene rings is 2. The van der Waals surface area contributed by atoms with Gasteiger partial charge in [-0.05, 0) is 44.9 Å². The van der Waals surface area contributed by atoms with Crippen molar-refractivity contribution in [1.29, 1.82) is 0 Å². The number of alkyl halides is 3. The lowest BCUT2D eigenvalue weighted by molar-refractivity contribution is -0.140. The molecule has 4 heterocycles. The number of anilines is 5. The first kappa shape index (κ1) is 36.3. The Kier molecular flexibility index (Phi) is 11.0. The number of nitrogens with zero attached hydrogens (tertiary/aromatic N) is 6. The Morgan fingerprint density at radius 2 is 1.78 bits per heavy atom. The molecule has 3 aliphatic heterocycles. The predicted octanol–water partition coefficient (Wildman–Crippen LogP) is 6.39. The maximum Gasteiger partial charge on any atom is 0.419 e. The van der Waals surface area contributed by atoms with Crippen LogP contribution in [0.3, 0.4) is 0 Å². The second kappa shape index (κ2) is 15.4. The fraction of sp³-hybridized carbons (Fsp3) is 0.472. The van der Waals surface area contributed by atoms with E-state index in [4.69, 9.17) is 9.57 Å². The fourth-order valence-electron chi connectivity index (χ4n) is 7.15. The molecule has 274 valence electrons. The summed E-state index contributed by atoms with van der Waals surface area (Å²) in [6, 6.07) is 8.61.